The van der Waals surface area contributed by atoms with Crippen molar-refractivity contribution in [2.45, 2.75) is 0 Å². The number of halogens is 2. The molecule has 0 unspecified atom stereocenters. The third-order valence-electron chi connectivity index (χ3n) is 5.65. The van der Waals surface area contributed by atoms with Gasteiger partial charge in [-0.05, 0) is 59.7 Å². The molecule has 1 saturated heterocycles. The van der Waals surface area contributed by atoms with Crippen molar-refractivity contribution in [3.05, 3.63) is 85.2 Å². The van der Waals surface area contributed by atoms with E-state index in [1.165, 1.54) is 0 Å². The van der Waals surface area contributed by atoms with Gasteiger partial charge in [-0.2, -0.15) is 0 Å². The summed E-state index contributed by atoms with van der Waals surface area (Å²) in [7, 11) is 9.34. The van der Waals surface area contributed by atoms with Crippen molar-refractivity contribution in [2.24, 2.45) is 0 Å². The Hall–Kier alpha value is -2.51. The van der Waals surface area contributed by atoms with E-state index in [1.807, 2.05) is 48.5 Å². The van der Waals surface area contributed by atoms with E-state index in [-0.39, 0.29) is 0 Å². The predicted octanol–water partition coefficient (Wildman–Crippen LogP) is 5.96. The van der Waals surface area contributed by atoms with Gasteiger partial charge in [0.15, 0.2) is 0 Å². The summed E-state index contributed by atoms with van der Waals surface area (Å²) in [5.74, 6) is 0.871. The first-order valence-electron chi connectivity index (χ1n) is 11.5. The molecule has 5 rings (SSSR count). The quantitative estimate of drug-likeness (QED) is 0.255. The van der Waals surface area contributed by atoms with Gasteiger partial charge in [-0.15, -0.1) is 0 Å². The topological polar surface area (TPSA) is 60.4 Å². The molecule has 0 radical (unpaired) electrons. The van der Waals surface area contributed by atoms with Gasteiger partial charge in [-0.3, -0.25) is 14.9 Å². The molecule has 0 atom stereocenters. The van der Waals surface area contributed by atoms with E-state index in [1.54, 1.807) is 12.4 Å². The Morgan fingerprint density at radius 3 is 1.89 bits per heavy atom. The van der Waals surface area contributed by atoms with E-state index < -0.39 is 0 Å². The summed E-state index contributed by atoms with van der Waals surface area (Å²) < 4.78 is 11.4. The Morgan fingerprint density at radius 1 is 0.778 bits per heavy atom. The van der Waals surface area contributed by atoms with Crippen LogP contribution in [0.2, 0.25) is 0 Å². The van der Waals surface area contributed by atoms with Crippen LogP contribution in [0.4, 0.5) is 0 Å². The number of hydrogen-bond acceptors (Lipinski definition) is 6. The number of nitrogens with zero attached hydrogens (tertiary/aromatic N) is 4. The summed E-state index contributed by atoms with van der Waals surface area (Å²) in [6.07, 6.45) is 3.57. The zero-order chi connectivity index (χ0) is 25.0. The molecule has 0 N–H and O–H groups in total. The predicted molar refractivity (Wildman–Crippen MR) is 141 cm³/mol. The average Bonchev–Trinajstić information content (AvgIpc) is 2.95. The second-order valence-corrected chi connectivity index (χ2v) is 9.48. The summed E-state index contributed by atoms with van der Waals surface area (Å²) in [4.78, 5) is 16.2. The number of rotatable bonds is 7. The molecule has 191 valence electrons. The van der Waals surface area contributed by atoms with Crippen LogP contribution in [0.5, 0.6) is 5.75 Å². The molecule has 3 aromatic heterocycles. The van der Waals surface area contributed by atoms with Gasteiger partial charge in [0.1, 0.15) is 12.4 Å². The van der Waals surface area contributed by atoms with Gasteiger partial charge < -0.3 is 9.47 Å². The molecule has 1 fully saturated rings. The van der Waals surface area contributed by atoms with Crippen LogP contribution in [-0.2, 0) is 17.9 Å². The number of ether oxygens (including phenoxy) is 2. The zero-order valence-corrected chi connectivity index (χ0v) is 21.9. The molecular formula is C27H26Cl2CuN4O2. The largest absolute Gasteiger partial charge is 0.492 e. The summed E-state index contributed by atoms with van der Waals surface area (Å²) >= 11 is 0.757. The Labute approximate surface area is 226 Å². The van der Waals surface area contributed by atoms with E-state index in [9.17, 15) is 0 Å². The van der Waals surface area contributed by atoms with Gasteiger partial charge in [0.2, 0.25) is 0 Å². The van der Waals surface area contributed by atoms with E-state index in [4.69, 9.17) is 14.5 Å². The Bertz CT molecular complexity index is 1140. The number of morpholine rings is 1. The third-order valence-corrected chi connectivity index (χ3v) is 5.65. The fourth-order valence-electron chi connectivity index (χ4n) is 3.85. The van der Waals surface area contributed by atoms with Crippen molar-refractivity contribution in [1.82, 2.24) is 19.9 Å². The van der Waals surface area contributed by atoms with Crippen LogP contribution < -0.4 is 4.74 Å². The Balaban J connectivity index is 0.000000967. The molecule has 36 heavy (non-hydrogen) atoms. The molecule has 6 nitrogen and oxygen atoms in total. The van der Waals surface area contributed by atoms with Crippen LogP contribution in [0, 0.1) is 0 Å². The summed E-state index contributed by atoms with van der Waals surface area (Å²) in [6, 6.07) is 24.1. The minimum absolute atomic E-state index is 0.669. The molecule has 0 saturated carbocycles. The molecule has 9 heteroatoms. The molecule has 0 bridgehead atoms. The van der Waals surface area contributed by atoms with Crippen molar-refractivity contribution in [2.75, 3.05) is 39.5 Å². The summed E-state index contributed by atoms with van der Waals surface area (Å²) in [6.45, 7) is 5.14. The molecule has 4 aromatic rings. The van der Waals surface area contributed by atoms with Gasteiger partial charge in [-0.25, -0.2) is 4.98 Å². The number of pyridine rings is 3. The smallest absolute Gasteiger partial charge is 0.119 e. The molecule has 4 heterocycles. The van der Waals surface area contributed by atoms with E-state index >= 15 is 0 Å². The van der Waals surface area contributed by atoms with Crippen LogP contribution in [0.15, 0.2) is 85.2 Å². The Kier molecular flexibility index (Phi) is 10.5. The van der Waals surface area contributed by atoms with Gasteiger partial charge in [-0.1, -0.05) is 24.3 Å². The maximum atomic E-state index is 5.97. The van der Waals surface area contributed by atoms with Crippen molar-refractivity contribution < 1.29 is 22.6 Å². The molecule has 0 aliphatic carbocycles. The number of aromatic nitrogens is 3. The second-order valence-electron chi connectivity index (χ2n) is 7.93. The number of benzene rings is 1. The fraction of sp³-hybridized carbons (Fsp3) is 0.222. The molecule has 1 aliphatic rings. The van der Waals surface area contributed by atoms with Crippen LogP contribution >= 0.6 is 20.2 Å². The normalized spacial score (nSPS) is 13.6. The van der Waals surface area contributed by atoms with Crippen molar-refractivity contribution in [3.8, 4) is 39.7 Å². The molecular weight excluding hydrogens is 547 g/mol. The first-order valence-corrected chi connectivity index (χ1v) is 14.1. The van der Waals surface area contributed by atoms with Gasteiger partial charge in [0.05, 0.1) is 36.0 Å². The summed E-state index contributed by atoms with van der Waals surface area (Å²) in [5, 5.41) is 0. The third kappa shape index (κ3) is 7.74. The van der Waals surface area contributed by atoms with Crippen LogP contribution in [0.25, 0.3) is 33.9 Å². The van der Waals surface area contributed by atoms with Gasteiger partial charge in [0.25, 0.3) is 0 Å². The van der Waals surface area contributed by atoms with Gasteiger partial charge in [0, 0.05) is 32.0 Å². The molecule has 1 aliphatic heterocycles. The average molecular weight is 573 g/mol. The standard InChI is InChI=1S/C27H26N4O2.2ClH.Cu/c1-3-11-28-24(5-1)26-19-22(20-27(30-26)25-6-2-4-12-29-25)21-7-9-23(10-8-21)33-18-15-31-13-16-32-17-14-31;;;/h1-12,19-20H,13-18H2;2*1H;/q;;;+2/p-2. The van der Waals surface area contributed by atoms with Crippen LogP contribution in [-0.4, -0.2) is 59.3 Å². The first kappa shape index (κ1) is 26.5. The van der Waals surface area contributed by atoms with E-state index in [0.717, 1.165) is 85.6 Å². The minimum atomic E-state index is 0.669. The first-order chi connectivity index (χ1) is 17.8. The molecule has 1 aromatic carbocycles. The molecule has 0 spiro atoms. The van der Waals surface area contributed by atoms with Gasteiger partial charge >= 0.3 is 33.3 Å². The Morgan fingerprint density at radius 2 is 1.36 bits per heavy atom. The fourth-order valence-corrected chi connectivity index (χ4v) is 3.85. The maximum absolute atomic E-state index is 5.97. The SMILES string of the molecule is [Cl][Cu][Cl].c1ccc(-c2cc(-c3ccc(OCCN4CCOCC4)cc3)cc(-c3ccccn3)n2)nc1. The van der Waals surface area contributed by atoms with Crippen molar-refractivity contribution >= 4 is 20.2 Å². The van der Waals surface area contributed by atoms with E-state index in [2.05, 4.69) is 59.3 Å². The van der Waals surface area contributed by atoms with Crippen LogP contribution in [0.1, 0.15) is 0 Å². The zero-order valence-electron chi connectivity index (χ0n) is 19.5. The van der Waals surface area contributed by atoms with E-state index in [0.29, 0.717) is 6.61 Å². The molecule has 0 amide bonds. The van der Waals surface area contributed by atoms with Crippen LogP contribution in [0.3, 0.4) is 0 Å². The minimum Gasteiger partial charge on any atom is -0.492 e. The maximum Gasteiger partial charge on any atom is 0.119 e. The number of hydrogen-bond donors (Lipinski definition) is 0. The van der Waals surface area contributed by atoms with Crippen molar-refractivity contribution in [3.63, 3.8) is 0 Å². The summed E-state index contributed by atoms with van der Waals surface area (Å²) in [5.41, 5.74) is 5.46. The second kappa shape index (κ2) is 14.3. The van der Waals surface area contributed by atoms with Crippen molar-refractivity contribution in [1.29, 1.82) is 0 Å². The monoisotopic (exact) mass is 571 g/mol.